The average Bonchev–Trinajstić information content (AvgIpc) is 2.41. The molecule has 2 amide bonds. The van der Waals surface area contributed by atoms with E-state index >= 15 is 0 Å². The highest BCUT2D eigenvalue weighted by Gasteiger charge is 2.24. The van der Waals surface area contributed by atoms with E-state index in [1.165, 1.54) is 4.90 Å². The van der Waals surface area contributed by atoms with Crippen molar-refractivity contribution in [2.45, 2.75) is 33.1 Å². The van der Waals surface area contributed by atoms with Crippen molar-refractivity contribution in [1.29, 1.82) is 0 Å². The number of hydrogen-bond donors (Lipinski definition) is 0. The molecule has 0 unspecified atom stereocenters. The van der Waals surface area contributed by atoms with Gasteiger partial charge in [0.2, 0.25) is 0 Å². The zero-order chi connectivity index (χ0) is 14.7. The summed E-state index contributed by atoms with van der Waals surface area (Å²) in [7, 11) is 0. The maximum atomic E-state index is 12.2. The lowest BCUT2D eigenvalue weighted by atomic mass is 10.2. The summed E-state index contributed by atoms with van der Waals surface area (Å²) in [6, 6.07) is 0. The number of rotatable bonds is 9. The third-order valence-corrected chi connectivity index (χ3v) is 2.73. The monoisotopic (exact) mass is 266 g/mol. The third kappa shape index (κ3) is 6.22. The van der Waals surface area contributed by atoms with Gasteiger partial charge < -0.3 is 9.80 Å². The van der Waals surface area contributed by atoms with Crippen LogP contribution in [-0.2, 0) is 9.59 Å². The highest BCUT2D eigenvalue weighted by Crippen LogP contribution is 2.02. The summed E-state index contributed by atoms with van der Waals surface area (Å²) < 4.78 is 0. The van der Waals surface area contributed by atoms with Crippen molar-refractivity contribution in [2.75, 3.05) is 26.2 Å². The second kappa shape index (κ2) is 10.4. The molecule has 0 saturated carbocycles. The predicted molar refractivity (Wildman–Crippen MR) is 78.8 cm³/mol. The van der Waals surface area contributed by atoms with Crippen LogP contribution in [0.3, 0.4) is 0 Å². The largest absolute Gasteiger partial charge is 0.334 e. The fraction of sp³-hybridized carbons (Fsp3) is 0.600. The summed E-state index contributed by atoms with van der Waals surface area (Å²) in [5, 5.41) is 0. The minimum Gasteiger partial charge on any atom is -0.334 e. The fourth-order valence-electron chi connectivity index (χ4n) is 1.76. The molecule has 108 valence electrons. The van der Waals surface area contributed by atoms with Crippen molar-refractivity contribution in [3.63, 3.8) is 0 Å². The molecule has 4 heteroatoms. The number of carbonyl (C=O) groups excluding carboxylic acids is 2. The van der Waals surface area contributed by atoms with Crippen molar-refractivity contribution in [1.82, 2.24) is 9.80 Å². The van der Waals surface area contributed by atoms with Gasteiger partial charge in [-0.15, -0.1) is 13.2 Å². The van der Waals surface area contributed by atoms with Crippen LogP contribution in [-0.4, -0.2) is 47.8 Å². The van der Waals surface area contributed by atoms with Crippen molar-refractivity contribution in [3.8, 4) is 0 Å². The molecule has 4 nitrogen and oxygen atoms in total. The number of carbonyl (C=O) groups is 2. The van der Waals surface area contributed by atoms with Gasteiger partial charge in [-0.25, -0.2) is 0 Å². The lowest BCUT2D eigenvalue weighted by Gasteiger charge is -2.25. The van der Waals surface area contributed by atoms with Crippen molar-refractivity contribution in [2.24, 2.45) is 0 Å². The van der Waals surface area contributed by atoms with Gasteiger partial charge in [-0.05, 0) is 12.8 Å². The number of amides is 2. The van der Waals surface area contributed by atoms with Gasteiger partial charge in [0, 0.05) is 26.2 Å². The molecule has 0 aromatic carbocycles. The van der Waals surface area contributed by atoms with E-state index in [-0.39, 0.29) is 0 Å². The van der Waals surface area contributed by atoms with E-state index in [1.54, 1.807) is 17.1 Å². The molecule has 0 radical (unpaired) electrons. The molecule has 0 atom stereocenters. The van der Waals surface area contributed by atoms with E-state index in [0.29, 0.717) is 26.2 Å². The summed E-state index contributed by atoms with van der Waals surface area (Å²) in [6.07, 6.45) is 6.01. The second-order valence-electron chi connectivity index (χ2n) is 4.43. The molecule has 0 saturated heterocycles. The van der Waals surface area contributed by atoms with Gasteiger partial charge in [-0.2, -0.15) is 0 Å². The van der Waals surface area contributed by atoms with Crippen LogP contribution in [0.4, 0.5) is 0 Å². The lowest BCUT2D eigenvalue weighted by Crippen LogP contribution is -2.46. The Morgan fingerprint density at radius 1 is 0.895 bits per heavy atom. The Labute approximate surface area is 116 Å². The van der Waals surface area contributed by atoms with Gasteiger partial charge in [0.05, 0.1) is 0 Å². The number of nitrogens with zero attached hydrogens (tertiary/aromatic N) is 2. The molecule has 19 heavy (non-hydrogen) atoms. The van der Waals surface area contributed by atoms with Gasteiger partial charge in [-0.1, -0.05) is 32.4 Å². The van der Waals surface area contributed by atoms with Crippen molar-refractivity contribution >= 4 is 11.8 Å². The van der Waals surface area contributed by atoms with Crippen LogP contribution in [0.15, 0.2) is 25.3 Å². The standard InChI is InChI=1S/C15H26N2O2/c1-5-9-13-17(12-8-4)15(19)14(18)16(10-6-2)11-7-3/h6-7H,2-3,5,8-13H2,1,4H3. The molecule has 0 aromatic heterocycles. The first-order chi connectivity index (χ1) is 9.12. The van der Waals surface area contributed by atoms with E-state index in [4.69, 9.17) is 0 Å². The van der Waals surface area contributed by atoms with E-state index in [9.17, 15) is 9.59 Å². The van der Waals surface area contributed by atoms with Gasteiger partial charge in [0.25, 0.3) is 0 Å². The van der Waals surface area contributed by atoms with Crippen LogP contribution < -0.4 is 0 Å². The number of unbranched alkanes of at least 4 members (excludes halogenated alkanes) is 1. The zero-order valence-electron chi connectivity index (χ0n) is 12.2. The first-order valence-corrected chi connectivity index (χ1v) is 6.92. The van der Waals surface area contributed by atoms with E-state index in [1.807, 2.05) is 6.92 Å². The number of hydrogen-bond acceptors (Lipinski definition) is 2. The summed E-state index contributed by atoms with van der Waals surface area (Å²) in [6.45, 7) is 13.3. The fourth-order valence-corrected chi connectivity index (χ4v) is 1.76. The van der Waals surface area contributed by atoms with Gasteiger partial charge in [-0.3, -0.25) is 9.59 Å². The first kappa shape index (κ1) is 17.4. The van der Waals surface area contributed by atoms with Crippen LogP contribution in [0.2, 0.25) is 0 Å². The molecular weight excluding hydrogens is 240 g/mol. The van der Waals surface area contributed by atoms with Crippen LogP contribution in [0.5, 0.6) is 0 Å². The second-order valence-corrected chi connectivity index (χ2v) is 4.43. The molecule has 0 aliphatic rings. The normalized spacial score (nSPS) is 9.79. The zero-order valence-corrected chi connectivity index (χ0v) is 12.2. The Bertz CT molecular complexity index is 303. The van der Waals surface area contributed by atoms with E-state index in [0.717, 1.165) is 19.3 Å². The van der Waals surface area contributed by atoms with E-state index in [2.05, 4.69) is 20.1 Å². The Balaban J connectivity index is 4.73. The molecule has 0 heterocycles. The third-order valence-electron chi connectivity index (χ3n) is 2.73. The molecule has 0 aromatic rings. The Hall–Kier alpha value is -1.58. The topological polar surface area (TPSA) is 40.6 Å². The quantitative estimate of drug-likeness (QED) is 0.474. The van der Waals surface area contributed by atoms with Gasteiger partial charge >= 0.3 is 11.8 Å². The van der Waals surface area contributed by atoms with Crippen LogP contribution in [0.25, 0.3) is 0 Å². The minimum absolute atomic E-state index is 0.365. The molecule has 0 N–H and O–H groups in total. The molecular formula is C15H26N2O2. The van der Waals surface area contributed by atoms with Crippen molar-refractivity contribution in [3.05, 3.63) is 25.3 Å². The predicted octanol–water partition coefficient (Wildman–Crippen LogP) is 2.23. The maximum Gasteiger partial charge on any atom is 0.312 e. The summed E-state index contributed by atoms with van der Waals surface area (Å²) >= 11 is 0. The maximum absolute atomic E-state index is 12.2. The first-order valence-electron chi connectivity index (χ1n) is 6.92. The summed E-state index contributed by atoms with van der Waals surface area (Å²) in [4.78, 5) is 27.4. The van der Waals surface area contributed by atoms with Crippen LogP contribution in [0, 0.1) is 0 Å². The molecule has 0 aliphatic heterocycles. The lowest BCUT2D eigenvalue weighted by molar-refractivity contribution is -0.151. The SMILES string of the molecule is C=CCN(CC=C)C(=O)C(=O)N(CCC)CCCC. The van der Waals surface area contributed by atoms with Crippen LogP contribution in [0.1, 0.15) is 33.1 Å². The van der Waals surface area contributed by atoms with Crippen molar-refractivity contribution < 1.29 is 9.59 Å². The molecule has 0 rings (SSSR count). The molecule has 0 aliphatic carbocycles. The minimum atomic E-state index is -0.468. The molecule has 0 bridgehead atoms. The summed E-state index contributed by atoms with van der Waals surface area (Å²) in [5.74, 6) is -0.886. The highest BCUT2D eigenvalue weighted by molar-refractivity contribution is 6.34. The van der Waals surface area contributed by atoms with Gasteiger partial charge in [0.1, 0.15) is 0 Å². The Morgan fingerprint density at radius 3 is 1.84 bits per heavy atom. The van der Waals surface area contributed by atoms with Crippen LogP contribution >= 0.6 is 0 Å². The molecule has 0 fully saturated rings. The Kier molecular flexibility index (Phi) is 9.49. The highest BCUT2D eigenvalue weighted by atomic mass is 16.2. The van der Waals surface area contributed by atoms with E-state index < -0.39 is 11.8 Å². The smallest absolute Gasteiger partial charge is 0.312 e. The Morgan fingerprint density at radius 2 is 1.42 bits per heavy atom. The summed E-state index contributed by atoms with van der Waals surface area (Å²) in [5.41, 5.74) is 0. The average molecular weight is 266 g/mol. The molecule has 0 spiro atoms. The van der Waals surface area contributed by atoms with Gasteiger partial charge in [0.15, 0.2) is 0 Å².